The average Bonchev–Trinajstić information content (AvgIpc) is 3.47. The van der Waals surface area contributed by atoms with Crippen molar-refractivity contribution >= 4 is 17.9 Å². The summed E-state index contributed by atoms with van der Waals surface area (Å²) < 4.78 is 16.8. The molecular weight excluding hydrogens is 997 g/mol. The Morgan fingerprint density at radius 1 is 0.272 bits per heavy atom. The molecule has 0 aromatic rings. The van der Waals surface area contributed by atoms with Crippen LogP contribution in [0.5, 0.6) is 0 Å². The highest BCUT2D eigenvalue weighted by atomic mass is 16.6. The van der Waals surface area contributed by atoms with E-state index in [-0.39, 0.29) is 38.0 Å². The van der Waals surface area contributed by atoms with Crippen LogP contribution in [-0.4, -0.2) is 37.2 Å². The summed E-state index contributed by atoms with van der Waals surface area (Å²) in [4.78, 5) is 38.3. The summed E-state index contributed by atoms with van der Waals surface area (Å²) in [5.41, 5.74) is 0. The number of hydrogen-bond donors (Lipinski definition) is 0. The van der Waals surface area contributed by atoms with E-state index in [2.05, 4.69) is 154 Å². The molecule has 0 aliphatic heterocycles. The van der Waals surface area contributed by atoms with Gasteiger partial charge in [-0.25, -0.2) is 0 Å². The lowest BCUT2D eigenvalue weighted by molar-refractivity contribution is -0.166. The van der Waals surface area contributed by atoms with E-state index in [1.807, 2.05) is 6.08 Å². The molecule has 1 atom stereocenters. The zero-order valence-electron chi connectivity index (χ0n) is 52.5. The molecule has 6 heteroatoms. The van der Waals surface area contributed by atoms with Crippen LogP contribution in [-0.2, 0) is 28.6 Å². The number of carbonyl (C=O) groups excluding carboxylic acids is 3. The van der Waals surface area contributed by atoms with Crippen molar-refractivity contribution in [2.75, 3.05) is 13.2 Å². The SMILES string of the molecule is CC/C=C\C/C=C\C/C=C\C/C=C\C/C=C\CCCCCC(=O)OC(COC(=O)C/C=C\C/C=C\C/C=C\C/C=C\C/C=C\CC)COC(=O)CCCCCCCCCCCCCCCCCCC/C=C\C/C=C\CCCCCCC. The molecule has 0 saturated heterocycles. The quantitative estimate of drug-likeness (QED) is 0.0261. The molecule has 0 saturated carbocycles. The molecule has 0 aromatic carbocycles. The molecular formula is C75H122O6. The summed E-state index contributed by atoms with van der Waals surface area (Å²) in [5, 5.41) is 0. The monoisotopic (exact) mass is 1120 g/mol. The van der Waals surface area contributed by atoms with Crippen molar-refractivity contribution in [1.29, 1.82) is 0 Å². The molecule has 1 unspecified atom stereocenters. The lowest BCUT2D eigenvalue weighted by Crippen LogP contribution is -2.30. The Labute approximate surface area is 499 Å². The molecule has 0 N–H and O–H groups in total. The molecule has 0 aromatic heterocycles. The Hall–Kier alpha value is -4.71. The maximum atomic E-state index is 12.9. The molecule has 81 heavy (non-hydrogen) atoms. The van der Waals surface area contributed by atoms with Crippen LogP contribution in [0.2, 0.25) is 0 Å². The van der Waals surface area contributed by atoms with Gasteiger partial charge < -0.3 is 14.2 Å². The Balaban J connectivity index is 4.39. The number of rotatable bonds is 59. The smallest absolute Gasteiger partial charge is 0.309 e. The van der Waals surface area contributed by atoms with Gasteiger partial charge in [0.15, 0.2) is 6.10 Å². The van der Waals surface area contributed by atoms with Crippen LogP contribution in [0.25, 0.3) is 0 Å². The lowest BCUT2D eigenvalue weighted by Gasteiger charge is -2.18. The van der Waals surface area contributed by atoms with Gasteiger partial charge in [-0.05, 0) is 122 Å². The minimum Gasteiger partial charge on any atom is -0.462 e. The van der Waals surface area contributed by atoms with Crippen LogP contribution in [0, 0.1) is 0 Å². The van der Waals surface area contributed by atoms with Gasteiger partial charge in [0, 0.05) is 12.8 Å². The fraction of sp³-hybridized carbons (Fsp3) is 0.640. The van der Waals surface area contributed by atoms with E-state index in [4.69, 9.17) is 14.2 Å². The van der Waals surface area contributed by atoms with Gasteiger partial charge in [0.05, 0.1) is 6.42 Å². The van der Waals surface area contributed by atoms with Crippen molar-refractivity contribution in [2.45, 2.75) is 297 Å². The molecule has 0 rings (SSSR count). The Kier molecular flexibility index (Phi) is 63.9. The predicted molar refractivity (Wildman–Crippen MR) is 352 cm³/mol. The Morgan fingerprint density at radius 2 is 0.531 bits per heavy atom. The first kappa shape index (κ1) is 76.3. The van der Waals surface area contributed by atoms with Crippen LogP contribution < -0.4 is 0 Å². The van der Waals surface area contributed by atoms with Crippen molar-refractivity contribution in [1.82, 2.24) is 0 Å². The van der Waals surface area contributed by atoms with Crippen LogP contribution in [0.3, 0.4) is 0 Å². The molecule has 6 nitrogen and oxygen atoms in total. The maximum absolute atomic E-state index is 12.9. The summed E-state index contributed by atoms with van der Waals surface area (Å²) in [7, 11) is 0. The van der Waals surface area contributed by atoms with Crippen LogP contribution in [0.1, 0.15) is 290 Å². The topological polar surface area (TPSA) is 78.9 Å². The Bertz CT molecular complexity index is 1760. The van der Waals surface area contributed by atoms with E-state index in [0.29, 0.717) is 12.8 Å². The highest BCUT2D eigenvalue weighted by Crippen LogP contribution is 2.16. The minimum atomic E-state index is -0.842. The van der Waals surface area contributed by atoms with E-state index in [1.165, 1.54) is 135 Å². The highest BCUT2D eigenvalue weighted by Gasteiger charge is 2.19. The van der Waals surface area contributed by atoms with E-state index < -0.39 is 12.1 Å². The first-order valence-electron chi connectivity index (χ1n) is 33.3. The van der Waals surface area contributed by atoms with Crippen LogP contribution in [0.4, 0.5) is 0 Å². The molecule has 0 spiro atoms. The van der Waals surface area contributed by atoms with Gasteiger partial charge in [-0.15, -0.1) is 0 Å². The normalized spacial score (nSPS) is 13.1. The predicted octanol–water partition coefficient (Wildman–Crippen LogP) is 23.1. The number of ether oxygens (including phenoxy) is 3. The third kappa shape index (κ3) is 66.0. The second-order valence-corrected chi connectivity index (χ2v) is 21.6. The van der Waals surface area contributed by atoms with Crippen molar-refractivity contribution in [3.05, 3.63) is 146 Å². The molecule has 0 aliphatic carbocycles. The summed E-state index contributed by atoms with van der Waals surface area (Å²) in [6.07, 6.45) is 97.6. The zero-order chi connectivity index (χ0) is 58.5. The number of allylic oxidation sites excluding steroid dienone is 23. The van der Waals surface area contributed by atoms with Crippen molar-refractivity contribution in [2.24, 2.45) is 0 Å². The summed E-state index contributed by atoms with van der Waals surface area (Å²) in [5.74, 6) is -1.09. The standard InChI is InChI=1S/C75H122O6/c1-4-7-10-13-16-19-22-25-28-30-32-33-34-35-36-37-38-39-40-41-43-44-47-50-53-56-59-62-65-68-74(77)80-71-72(70-79-73(76)67-64-61-58-55-52-49-46-27-24-21-18-15-12-9-6-3)81-75(78)69-66-63-60-57-54-51-48-45-42-31-29-26-23-20-17-14-11-8-5-2/h8-9,11-12,17-18,20-22,25-27,29-30,32,42,45-46,51-52,54-55,61,64,72H,4-7,10,13-16,19,23-24,28,31,33-41,43-44,47-50,53,56-60,62-63,65-71H2,1-3H3/b11-8-,12-9-,20-17-,21-18-,25-22-,29-26-,32-30-,45-42-,46-27-,54-51-,55-52-,64-61-. The summed E-state index contributed by atoms with van der Waals surface area (Å²) in [6, 6.07) is 0. The summed E-state index contributed by atoms with van der Waals surface area (Å²) >= 11 is 0. The van der Waals surface area contributed by atoms with E-state index in [9.17, 15) is 14.4 Å². The number of carbonyl (C=O) groups is 3. The first-order valence-corrected chi connectivity index (χ1v) is 33.3. The van der Waals surface area contributed by atoms with Gasteiger partial charge in [0.1, 0.15) is 13.2 Å². The van der Waals surface area contributed by atoms with Crippen molar-refractivity contribution in [3.63, 3.8) is 0 Å². The van der Waals surface area contributed by atoms with E-state index in [1.54, 1.807) is 6.08 Å². The Morgan fingerprint density at radius 3 is 0.877 bits per heavy atom. The molecule has 0 heterocycles. The number of esters is 3. The maximum Gasteiger partial charge on any atom is 0.309 e. The van der Waals surface area contributed by atoms with Gasteiger partial charge in [-0.1, -0.05) is 295 Å². The lowest BCUT2D eigenvalue weighted by atomic mass is 10.0. The highest BCUT2D eigenvalue weighted by molar-refractivity contribution is 5.72. The van der Waals surface area contributed by atoms with Crippen molar-refractivity contribution in [3.8, 4) is 0 Å². The zero-order valence-corrected chi connectivity index (χ0v) is 52.5. The van der Waals surface area contributed by atoms with Crippen molar-refractivity contribution < 1.29 is 28.6 Å². The second kappa shape index (κ2) is 67.8. The fourth-order valence-corrected chi connectivity index (χ4v) is 8.93. The van der Waals surface area contributed by atoms with Gasteiger partial charge in [-0.2, -0.15) is 0 Å². The molecule has 0 aliphatic rings. The first-order chi connectivity index (χ1) is 40.0. The van der Waals surface area contributed by atoms with E-state index >= 15 is 0 Å². The third-order valence-corrected chi connectivity index (χ3v) is 13.8. The minimum absolute atomic E-state index is 0.114. The van der Waals surface area contributed by atoms with Crippen LogP contribution >= 0.6 is 0 Å². The fourth-order valence-electron chi connectivity index (χ4n) is 8.93. The molecule has 0 bridgehead atoms. The molecule has 0 amide bonds. The van der Waals surface area contributed by atoms with E-state index in [0.717, 1.165) is 109 Å². The second-order valence-electron chi connectivity index (χ2n) is 21.6. The molecule has 0 radical (unpaired) electrons. The largest absolute Gasteiger partial charge is 0.462 e. The molecule has 458 valence electrons. The molecule has 0 fully saturated rings. The third-order valence-electron chi connectivity index (χ3n) is 13.8. The van der Waals surface area contributed by atoms with Gasteiger partial charge in [0.25, 0.3) is 0 Å². The number of hydrogen-bond acceptors (Lipinski definition) is 6. The average molecular weight is 1120 g/mol. The van der Waals surface area contributed by atoms with Gasteiger partial charge in [-0.3, -0.25) is 14.4 Å². The number of unbranched alkanes of at least 4 members (excludes halogenated alkanes) is 25. The van der Waals surface area contributed by atoms with Gasteiger partial charge in [0.2, 0.25) is 0 Å². The summed E-state index contributed by atoms with van der Waals surface area (Å²) in [6.45, 7) is 6.30. The van der Waals surface area contributed by atoms with Gasteiger partial charge >= 0.3 is 17.9 Å². The van der Waals surface area contributed by atoms with Crippen LogP contribution in [0.15, 0.2) is 146 Å².